The van der Waals surface area contributed by atoms with Gasteiger partial charge in [-0.3, -0.25) is 4.79 Å². The molecular formula is C22H31ClN4O2. The number of piperidine rings is 1. The highest BCUT2D eigenvalue weighted by Crippen LogP contribution is 2.33. The zero-order valence-electron chi connectivity index (χ0n) is 17.3. The molecule has 1 spiro atoms. The third-order valence-corrected chi connectivity index (χ3v) is 6.15. The minimum Gasteiger partial charge on any atom is -0.360 e. The van der Waals surface area contributed by atoms with Crippen LogP contribution in [-0.2, 0) is 29.5 Å². The van der Waals surface area contributed by atoms with Gasteiger partial charge in [0.15, 0.2) is 0 Å². The summed E-state index contributed by atoms with van der Waals surface area (Å²) in [7, 11) is 1.97. The van der Waals surface area contributed by atoms with Crippen molar-refractivity contribution in [3.05, 3.63) is 54.1 Å². The maximum Gasteiger partial charge on any atom is 0.251 e. The number of ether oxygens (including phenoxy) is 1. The maximum atomic E-state index is 12.7. The molecule has 1 amide bonds. The fraction of sp³-hybridized carbons (Fsp3) is 0.545. The first kappa shape index (κ1) is 21.8. The molecular weight excluding hydrogens is 388 g/mol. The Morgan fingerprint density at radius 2 is 1.93 bits per heavy atom. The van der Waals surface area contributed by atoms with Gasteiger partial charge in [0.25, 0.3) is 5.91 Å². The van der Waals surface area contributed by atoms with Crippen LogP contribution in [0.15, 0.2) is 42.7 Å². The predicted octanol–water partition coefficient (Wildman–Crippen LogP) is 2.67. The lowest BCUT2D eigenvalue weighted by atomic mass is 9.88. The summed E-state index contributed by atoms with van der Waals surface area (Å²) in [5.41, 5.74) is 1.17. The van der Waals surface area contributed by atoms with Crippen molar-refractivity contribution in [3.8, 4) is 0 Å². The van der Waals surface area contributed by atoms with Crippen molar-refractivity contribution in [1.82, 2.24) is 19.4 Å². The molecule has 2 aromatic rings. The van der Waals surface area contributed by atoms with E-state index in [2.05, 4.69) is 40.2 Å². The summed E-state index contributed by atoms with van der Waals surface area (Å²) in [6, 6.07) is 10.7. The lowest BCUT2D eigenvalue weighted by Crippen LogP contribution is -2.61. The van der Waals surface area contributed by atoms with Gasteiger partial charge in [0, 0.05) is 39.1 Å². The lowest BCUT2D eigenvalue weighted by molar-refractivity contribution is -0.191. The number of hydrogen-bond acceptors (Lipinski definition) is 4. The molecule has 1 aromatic heterocycles. The van der Waals surface area contributed by atoms with Gasteiger partial charge in [0.05, 0.1) is 18.7 Å². The maximum absolute atomic E-state index is 12.7. The van der Waals surface area contributed by atoms with Crippen molar-refractivity contribution in [1.29, 1.82) is 0 Å². The molecule has 2 aliphatic rings. The fourth-order valence-corrected chi connectivity index (χ4v) is 4.39. The highest BCUT2D eigenvalue weighted by molar-refractivity contribution is 5.85. The molecule has 1 unspecified atom stereocenters. The standard InChI is InChI=1S/C22H30N4O2.ClH/c1-18-21(27)26(16-20-23-11-15-24(20)2)17-22(28-18)9-13-25(14-10-22)12-8-19-6-4-3-5-7-19;/h3-7,11,15,18H,8-10,12-14,16-17H2,1-2H3;1H. The van der Waals surface area contributed by atoms with Crippen LogP contribution in [0.25, 0.3) is 0 Å². The summed E-state index contributed by atoms with van der Waals surface area (Å²) in [6.07, 6.45) is 6.34. The highest BCUT2D eigenvalue weighted by Gasteiger charge is 2.45. The molecule has 1 atom stereocenters. The molecule has 0 saturated carbocycles. The Balaban J connectivity index is 0.00000240. The number of halogens is 1. The number of morpholine rings is 1. The summed E-state index contributed by atoms with van der Waals surface area (Å²) in [5.74, 6) is 0.984. The number of aromatic nitrogens is 2. The number of hydrogen-bond donors (Lipinski definition) is 0. The van der Waals surface area contributed by atoms with Gasteiger partial charge in [-0.15, -0.1) is 12.4 Å². The molecule has 2 fully saturated rings. The topological polar surface area (TPSA) is 50.6 Å². The van der Waals surface area contributed by atoms with E-state index in [1.54, 1.807) is 6.20 Å². The minimum atomic E-state index is -0.384. The van der Waals surface area contributed by atoms with E-state index in [1.165, 1.54) is 5.56 Å². The third kappa shape index (κ3) is 5.00. The van der Waals surface area contributed by atoms with Crippen LogP contribution in [-0.4, -0.2) is 63.1 Å². The van der Waals surface area contributed by atoms with Crippen LogP contribution in [0.2, 0.25) is 0 Å². The lowest BCUT2D eigenvalue weighted by Gasteiger charge is -2.49. The molecule has 2 saturated heterocycles. The minimum absolute atomic E-state index is 0. The number of carbonyl (C=O) groups is 1. The van der Waals surface area contributed by atoms with Gasteiger partial charge >= 0.3 is 0 Å². The average Bonchev–Trinajstić information content (AvgIpc) is 3.11. The second-order valence-corrected chi connectivity index (χ2v) is 8.17. The van der Waals surface area contributed by atoms with Gasteiger partial charge in [0.2, 0.25) is 0 Å². The van der Waals surface area contributed by atoms with Crippen molar-refractivity contribution in [2.75, 3.05) is 26.2 Å². The molecule has 3 heterocycles. The normalized spacial score (nSPS) is 21.9. The zero-order valence-corrected chi connectivity index (χ0v) is 18.1. The molecule has 7 heteroatoms. The first-order valence-electron chi connectivity index (χ1n) is 10.2. The Labute approximate surface area is 179 Å². The van der Waals surface area contributed by atoms with Gasteiger partial charge in [-0.25, -0.2) is 4.98 Å². The van der Waals surface area contributed by atoms with Gasteiger partial charge in [-0.1, -0.05) is 30.3 Å². The monoisotopic (exact) mass is 418 g/mol. The molecule has 4 rings (SSSR count). The molecule has 29 heavy (non-hydrogen) atoms. The van der Waals surface area contributed by atoms with E-state index in [0.29, 0.717) is 13.1 Å². The van der Waals surface area contributed by atoms with Crippen molar-refractivity contribution >= 4 is 18.3 Å². The van der Waals surface area contributed by atoms with E-state index < -0.39 is 0 Å². The number of aryl methyl sites for hydroxylation is 1. The zero-order chi connectivity index (χ0) is 19.6. The van der Waals surface area contributed by atoms with Crippen LogP contribution in [0.3, 0.4) is 0 Å². The fourth-order valence-electron chi connectivity index (χ4n) is 4.39. The second kappa shape index (κ2) is 9.28. The van der Waals surface area contributed by atoms with Crippen LogP contribution >= 0.6 is 12.4 Å². The quantitative estimate of drug-likeness (QED) is 0.749. The van der Waals surface area contributed by atoms with E-state index in [1.807, 2.05) is 29.6 Å². The first-order valence-corrected chi connectivity index (χ1v) is 10.2. The van der Waals surface area contributed by atoms with Gasteiger partial charge in [-0.05, 0) is 31.7 Å². The molecule has 0 bridgehead atoms. The molecule has 158 valence electrons. The van der Waals surface area contributed by atoms with Gasteiger partial charge in [-0.2, -0.15) is 0 Å². The van der Waals surface area contributed by atoms with Crippen molar-refractivity contribution in [3.63, 3.8) is 0 Å². The molecule has 0 aliphatic carbocycles. The van der Waals surface area contributed by atoms with E-state index in [4.69, 9.17) is 4.74 Å². The molecule has 1 aromatic carbocycles. The van der Waals surface area contributed by atoms with Crippen LogP contribution in [0.4, 0.5) is 0 Å². The molecule has 0 N–H and O–H groups in total. The van der Waals surface area contributed by atoms with Crippen LogP contribution in [0, 0.1) is 0 Å². The summed E-state index contributed by atoms with van der Waals surface area (Å²) in [5, 5.41) is 0. The Hall–Kier alpha value is -1.89. The Kier molecular flexibility index (Phi) is 6.98. The van der Waals surface area contributed by atoms with Crippen LogP contribution < -0.4 is 0 Å². The Morgan fingerprint density at radius 3 is 2.59 bits per heavy atom. The summed E-state index contributed by atoms with van der Waals surface area (Å²) < 4.78 is 8.25. The molecule has 0 radical (unpaired) electrons. The average molecular weight is 419 g/mol. The summed E-state index contributed by atoms with van der Waals surface area (Å²) in [6.45, 7) is 6.21. The van der Waals surface area contributed by atoms with Crippen LogP contribution in [0.5, 0.6) is 0 Å². The van der Waals surface area contributed by atoms with E-state index in [-0.39, 0.29) is 30.0 Å². The summed E-state index contributed by atoms with van der Waals surface area (Å²) >= 11 is 0. The van der Waals surface area contributed by atoms with Gasteiger partial charge in [0.1, 0.15) is 11.9 Å². The SMILES string of the molecule is CC1OC2(CCN(CCc3ccccc3)CC2)CN(Cc2nccn2C)C1=O.Cl. The number of nitrogens with zero attached hydrogens (tertiary/aromatic N) is 4. The predicted molar refractivity (Wildman–Crippen MR) is 115 cm³/mol. The smallest absolute Gasteiger partial charge is 0.251 e. The number of rotatable bonds is 5. The summed E-state index contributed by atoms with van der Waals surface area (Å²) in [4.78, 5) is 21.5. The van der Waals surface area contributed by atoms with Crippen molar-refractivity contribution in [2.45, 2.75) is 44.4 Å². The first-order chi connectivity index (χ1) is 13.5. The van der Waals surface area contributed by atoms with Crippen LogP contribution in [0.1, 0.15) is 31.2 Å². The third-order valence-electron chi connectivity index (χ3n) is 6.15. The number of likely N-dealkylation sites (tertiary alicyclic amines) is 1. The van der Waals surface area contributed by atoms with Gasteiger partial charge < -0.3 is 19.1 Å². The number of amides is 1. The number of carbonyl (C=O) groups excluding carboxylic acids is 1. The second-order valence-electron chi connectivity index (χ2n) is 8.17. The largest absolute Gasteiger partial charge is 0.360 e. The van der Waals surface area contributed by atoms with E-state index in [9.17, 15) is 4.79 Å². The highest BCUT2D eigenvalue weighted by atomic mass is 35.5. The van der Waals surface area contributed by atoms with Crippen molar-refractivity contribution < 1.29 is 9.53 Å². The van der Waals surface area contributed by atoms with E-state index >= 15 is 0 Å². The molecule has 2 aliphatic heterocycles. The Bertz CT molecular complexity index is 802. The Morgan fingerprint density at radius 1 is 1.21 bits per heavy atom. The van der Waals surface area contributed by atoms with E-state index in [0.717, 1.165) is 44.7 Å². The van der Waals surface area contributed by atoms with Crippen molar-refractivity contribution in [2.24, 2.45) is 7.05 Å². The number of imidazole rings is 1. The molecule has 6 nitrogen and oxygen atoms in total. The number of benzene rings is 1.